The summed E-state index contributed by atoms with van der Waals surface area (Å²) in [4.78, 5) is 28.3. The smallest absolute Gasteiger partial charge is 0.306 e. The van der Waals surface area contributed by atoms with Gasteiger partial charge < -0.3 is 10.0 Å². The van der Waals surface area contributed by atoms with Gasteiger partial charge in [0.05, 0.1) is 5.92 Å². The molecule has 1 unspecified atom stereocenters. The molecule has 1 amide bonds. The number of pyridine rings is 1. The van der Waals surface area contributed by atoms with Gasteiger partial charge in [-0.2, -0.15) is 0 Å². The number of hydrogen-bond acceptors (Lipinski definition) is 3. The lowest BCUT2D eigenvalue weighted by molar-refractivity contribution is -0.144. The molecule has 90 valence electrons. The number of carboxylic acid groups (broad SMARTS) is 1. The molecule has 2 heterocycles. The number of aromatic nitrogens is 1. The SMILES string of the molecule is CC(C(=O)O)C1CN(C(=O)c2ccccn2)C1. The van der Waals surface area contributed by atoms with E-state index < -0.39 is 11.9 Å². The first-order valence-electron chi connectivity index (χ1n) is 5.52. The summed E-state index contributed by atoms with van der Waals surface area (Å²) in [7, 11) is 0. The van der Waals surface area contributed by atoms with E-state index in [1.165, 1.54) is 0 Å². The van der Waals surface area contributed by atoms with E-state index in [9.17, 15) is 9.59 Å². The van der Waals surface area contributed by atoms with Crippen LogP contribution >= 0.6 is 0 Å². The van der Waals surface area contributed by atoms with Crippen molar-refractivity contribution in [1.82, 2.24) is 9.88 Å². The number of carbonyl (C=O) groups excluding carboxylic acids is 1. The van der Waals surface area contributed by atoms with Gasteiger partial charge in [0, 0.05) is 25.2 Å². The maximum Gasteiger partial charge on any atom is 0.306 e. The van der Waals surface area contributed by atoms with E-state index in [1.54, 1.807) is 36.2 Å². The number of hydrogen-bond donors (Lipinski definition) is 1. The fourth-order valence-electron chi connectivity index (χ4n) is 1.85. The van der Waals surface area contributed by atoms with Crippen molar-refractivity contribution < 1.29 is 14.7 Å². The van der Waals surface area contributed by atoms with Crippen LogP contribution < -0.4 is 0 Å². The van der Waals surface area contributed by atoms with E-state index in [0.29, 0.717) is 18.8 Å². The van der Waals surface area contributed by atoms with Gasteiger partial charge in [-0.1, -0.05) is 13.0 Å². The summed E-state index contributed by atoms with van der Waals surface area (Å²) in [6.07, 6.45) is 1.57. The lowest BCUT2D eigenvalue weighted by Crippen LogP contribution is -2.53. The van der Waals surface area contributed by atoms with Crippen molar-refractivity contribution >= 4 is 11.9 Å². The second-order valence-electron chi connectivity index (χ2n) is 4.31. The highest BCUT2D eigenvalue weighted by atomic mass is 16.4. The van der Waals surface area contributed by atoms with E-state index in [2.05, 4.69) is 4.98 Å². The van der Waals surface area contributed by atoms with Crippen LogP contribution in [0.15, 0.2) is 24.4 Å². The van der Waals surface area contributed by atoms with Gasteiger partial charge in [0.25, 0.3) is 5.91 Å². The molecule has 0 aromatic carbocycles. The van der Waals surface area contributed by atoms with E-state index in [0.717, 1.165) is 0 Å². The maximum absolute atomic E-state index is 11.9. The van der Waals surface area contributed by atoms with Crippen molar-refractivity contribution in [3.63, 3.8) is 0 Å². The molecule has 0 spiro atoms. The first-order chi connectivity index (χ1) is 8.09. The Morgan fingerprint density at radius 2 is 2.18 bits per heavy atom. The first-order valence-corrected chi connectivity index (χ1v) is 5.52. The van der Waals surface area contributed by atoms with Crippen molar-refractivity contribution in [2.45, 2.75) is 6.92 Å². The number of aliphatic carboxylic acids is 1. The summed E-state index contributed by atoms with van der Waals surface area (Å²) < 4.78 is 0. The van der Waals surface area contributed by atoms with Crippen LogP contribution in [0.3, 0.4) is 0 Å². The second-order valence-corrected chi connectivity index (χ2v) is 4.31. The molecule has 0 bridgehead atoms. The van der Waals surface area contributed by atoms with E-state index in [4.69, 9.17) is 5.11 Å². The van der Waals surface area contributed by atoms with Crippen LogP contribution in [0.25, 0.3) is 0 Å². The van der Waals surface area contributed by atoms with Gasteiger partial charge in [0.15, 0.2) is 0 Å². The van der Waals surface area contributed by atoms with E-state index >= 15 is 0 Å². The third-order valence-electron chi connectivity index (χ3n) is 3.18. The molecule has 1 atom stereocenters. The molecule has 5 nitrogen and oxygen atoms in total. The van der Waals surface area contributed by atoms with Crippen LogP contribution in [0.4, 0.5) is 0 Å². The fraction of sp³-hybridized carbons (Fsp3) is 0.417. The third kappa shape index (κ3) is 2.27. The summed E-state index contributed by atoms with van der Waals surface area (Å²) in [6, 6.07) is 5.18. The van der Waals surface area contributed by atoms with Crippen LogP contribution in [0.5, 0.6) is 0 Å². The van der Waals surface area contributed by atoms with Gasteiger partial charge in [-0.15, -0.1) is 0 Å². The molecule has 1 N–H and O–H groups in total. The molecule has 1 fully saturated rings. The Kier molecular flexibility index (Phi) is 3.08. The minimum absolute atomic E-state index is 0.0557. The zero-order valence-corrected chi connectivity index (χ0v) is 9.54. The Hall–Kier alpha value is -1.91. The Morgan fingerprint density at radius 3 is 2.71 bits per heavy atom. The van der Waals surface area contributed by atoms with Gasteiger partial charge in [0.2, 0.25) is 0 Å². The molecule has 1 aliphatic heterocycles. The first kappa shape index (κ1) is 11.6. The third-order valence-corrected chi connectivity index (χ3v) is 3.18. The largest absolute Gasteiger partial charge is 0.481 e. The minimum Gasteiger partial charge on any atom is -0.481 e. The summed E-state index contributed by atoms with van der Waals surface area (Å²) in [5, 5.41) is 8.84. The van der Waals surface area contributed by atoms with Crippen molar-refractivity contribution in [3.8, 4) is 0 Å². The van der Waals surface area contributed by atoms with Crippen molar-refractivity contribution in [2.24, 2.45) is 11.8 Å². The van der Waals surface area contributed by atoms with Crippen molar-refractivity contribution in [3.05, 3.63) is 30.1 Å². The van der Waals surface area contributed by atoms with Crippen LogP contribution in [-0.4, -0.2) is 40.0 Å². The predicted octanol–water partition coefficient (Wildman–Crippen LogP) is 0.874. The average Bonchev–Trinajstić information content (AvgIpc) is 2.27. The minimum atomic E-state index is -0.806. The average molecular weight is 234 g/mol. The number of amides is 1. The van der Waals surface area contributed by atoms with E-state index in [1.807, 2.05) is 0 Å². The highest BCUT2D eigenvalue weighted by Crippen LogP contribution is 2.25. The highest BCUT2D eigenvalue weighted by Gasteiger charge is 2.37. The highest BCUT2D eigenvalue weighted by molar-refractivity contribution is 5.92. The van der Waals surface area contributed by atoms with Gasteiger partial charge in [-0.3, -0.25) is 14.6 Å². The van der Waals surface area contributed by atoms with Gasteiger partial charge in [-0.25, -0.2) is 0 Å². The normalized spacial score (nSPS) is 17.4. The molecule has 1 aromatic heterocycles. The molecule has 0 saturated carbocycles. The molecule has 0 aliphatic carbocycles. The second kappa shape index (κ2) is 4.53. The molecule has 1 saturated heterocycles. The molecule has 1 aliphatic rings. The van der Waals surface area contributed by atoms with Gasteiger partial charge in [0.1, 0.15) is 5.69 Å². The Bertz CT molecular complexity index is 427. The van der Waals surface area contributed by atoms with Crippen molar-refractivity contribution in [2.75, 3.05) is 13.1 Å². The Balaban J connectivity index is 1.92. The number of nitrogens with zero attached hydrogens (tertiary/aromatic N) is 2. The van der Waals surface area contributed by atoms with E-state index in [-0.39, 0.29) is 11.8 Å². The number of likely N-dealkylation sites (tertiary alicyclic amines) is 1. The molecule has 0 radical (unpaired) electrons. The quantitative estimate of drug-likeness (QED) is 0.842. The molecule has 17 heavy (non-hydrogen) atoms. The Labute approximate surface area is 99.1 Å². The zero-order valence-electron chi connectivity index (χ0n) is 9.54. The predicted molar refractivity (Wildman–Crippen MR) is 60.4 cm³/mol. The zero-order chi connectivity index (χ0) is 12.4. The lowest BCUT2D eigenvalue weighted by atomic mass is 9.87. The fourth-order valence-corrected chi connectivity index (χ4v) is 1.85. The summed E-state index contributed by atoms with van der Waals surface area (Å²) >= 11 is 0. The molecular weight excluding hydrogens is 220 g/mol. The monoisotopic (exact) mass is 234 g/mol. The topological polar surface area (TPSA) is 70.5 Å². The van der Waals surface area contributed by atoms with Crippen molar-refractivity contribution in [1.29, 1.82) is 0 Å². The molecular formula is C12H14N2O3. The standard InChI is InChI=1S/C12H14N2O3/c1-8(12(16)17)9-6-14(7-9)11(15)10-4-2-3-5-13-10/h2-5,8-9H,6-7H2,1H3,(H,16,17). The Morgan fingerprint density at radius 1 is 1.47 bits per heavy atom. The van der Waals surface area contributed by atoms with Crippen LogP contribution in [-0.2, 0) is 4.79 Å². The summed E-state index contributed by atoms with van der Waals surface area (Å²) in [5.41, 5.74) is 0.411. The van der Waals surface area contributed by atoms with Gasteiger partial charge >= 0.3 is 5.97 Å². The van der Waals surface area contributed by atoms with Crippen LogP contribution in [0, 0.1) is 11.8 Å². The summed E-state index contributed by atoms with van der Waals surface area (Å²) in [5.74, 6) is -1.28. The lowest BCUT2D eigenvalue weighted by Gasteiger charge is -2.40. The van der Waals surface area contributed by atoms with Crippen LogP contribution in [0.1, 0.15) is 17.4 Å². The number of rotatable bonds is 3. The van der Waals surface area contributed by atoms with Crippen LogP contribution in [0.2, 0.25) is 0 Å². The molecule has 5 heteroatoms. The molecule has 1 aromatic rings. The summed E-state index contributed by atoms with van der Waals surface area (Å²) in [6.45, 7) is 2.68. The molecule has 2 rings (SSSR count). The number of carboxylic acids is 1. The number of carbonyl (C=O) groups is 2. The van der Waals surface area contributed by atoms with Gasteiger partial charge in [-0.05, 0) is 12.1 Å². The maximum atomic E-state index is 11.9.